The number of halogens is 2. The third kappa shape index (κ3) is 1.91. The van der Waals surface area contributed by atoms with Gasteiger partial charge in [-0.15, -0.1) is 10.2 Å². The van der Waals surface area contributed by atoms with E-state index < -0.39 is 0 Å². The second kappa shape index (κ2) is 4.36. The highest BCUT2D eigenvalue weighted by atomic mass is 79.9. The number of nitrogens with one attached hydrogen (secondary N) is 1. The van der Waals surface area contributed by atoms with Crippen molar-refractivity contribution in [3.63, 3.8) is 0 Å². The van der Waals surface area contributed by atoms with E-state index in [-0.39, 0.29) is 21.6 Å². The molecule has 19 heavy (non-hydrogen) atoms. The van der Waals surface area contributed by atoms with Crippen LogP contribution in [0, 0.1) is 0 Å². The Hall–Kier alpha value is -1.86. The van der Waals surface area contributed by atoms with Gasteiger partial charge in [-0.25, -0.2) is 4.40 Å². The highest BCUT2D eigenvalue weighted by Crippen LogP contribution is 2.24. The average molecular weight is 341 g/mol. The fourth-order valence-corrected chi connectivity index (χ4v) is 2.15. The van der Waals surface area contributed by atoms with Crippen molar-refractivity contribution in [2.45, 2.75) is 0 Å². The number of hydrogen-bond donors (Lipinski definition) is 2. The van der Waals surface area contributed by atoms with E-state index in [1.54, 1.807) is 28.7 Å². The predicted molar refractivity (Wildman–Crippen MR) is 76.2 cm³/mol. The predicted octanol–water partition coefficient (Wildman–Crippen LogP) is 2.08. The van der Waals surface area contributed by atoms with Gasteiger partial charge in [0.15, 0.2) is 5.82 Å². The molecule has 8 heteroatoms. The lowest BCUT2D eigenvalue weighted by atomic mass is 10.2. The van der Waals surface area contributed by atoms with Gasteiger partial charge in [0.2, 0.25) is 5.78 Å². The molecule has 3 aromatic rings. The Labute approximate surface area is 120 Å². The van der Waals surface area contributed by atoms with Crippen molar-refractivity contribution in [2.75, 3.05) is 5.73 Å². The van der Waals surface area contributed by atoms with Gasteiger partial charge in [-0.3, -0.25) is 9.78 Å². The van der Waals surface area contributed by atoms with Crippen LogP contribution in [0.15, 0.2) is 33.5 Å². The minimum atomic E-state index is -0.347. The molecule has 2 heterocycles. The van der Waals surface area contributed by atoms with Crippen LogP contribution in [-0.4, -0.2) is 19.6 Å². The lowest BCUT2D eigenvalue weighted by molar-refractivity contribution is 1.07. The molecular weight excluding hydrogens is 334 g/mol. The zero-order valence-electron chi connectivity index (χ0n) is 9.39. The smallest absolute Gasteiger partial charge is 0.268 e. The summed E-state index contributed by atoms with van der Waals surface area (Å²) in [5, 5.41) is 8.57. The van der Waals surface area contributed by atoms with Crippen molar-refractivity contribution in [3.05, 3.63) is 44.1 Å². The van der Waals surface area contributed by atoms with Crippen molar-refractivity contribution < 1.29 is 0 Å². The number of nitrogens with zero attached hydrogens (tertiary/aromatic N) is 3. The maximum Gasteiger partial charge on any atom is 0.268 e. The van der Waals surface area contributed by atoms with E-state index in [1.807, 2.05) is 0 Å². The lowest BCUT2D eigenvalue weighted by Crippen LogP contribution is -2.14. The normalized spacial score (nSPS) is 11.1. The van der Waals surface area contributed by atoms with Crippen LogP contribution in [0.25, 0.3) is 17.2 Å². The highest BCUT2D eigenvalue weighted by Gasteiger charge is 2.14. The number of H-pyrrole nitrogens is 1. The summed E-state index contributed by atoms with van der Waals surface area (Å²) in [6.07, 6.45) is 0. The molecule has 0 fully saturated rings. The second-order valence-corrected chi connectivity index (χ2v) is 5.07. The third-order valence-electron chi connectivity index (χ3n) is 2.66. The van der Waals surface area contributed by atoms with E-state index in [0.717, 1.165) is 5.56 Å². The van der Waals surface area contributed by atoms with Gasteiger partial charge in [-0.2, -0.15) is 0 Å². The minimum absolute atomic E-state index is 0.244. The first kappa shape index (κ1) is 12.2. The van der Waals surface area contributed by atoms with E-state index in [4.69, 9.17) is 17.3 Å². The largest absolute Gasteiger partial charge is 0.384 e. The van der Waals surface area contributed by atoms with Gasteiger partial charge in [0.1, 0.15) is 10.3 Å². The molecule has 0 aliphatic rings. The summed E-state index contributed by atoms with van der Waals surface area (Å²) in [7, 11) is 0. The van der Waals surface area contributed by atoms with Gasteiger partial charge >= 0.3 is 0 Å². The molecule has 0 aliphatic heterocycles. The van der Waals surface area contributed by atoms with Crippen LogP contribution in [0.3, 0.4) is 0 Å². The van der Waals surface area contributed by atoms with E-state index in [1.165, 1.54) is 0 Å². The number of aromatic nitrogens is 4. The van der Waals surface area contributed by atoms with Crippen LogP contribution in [0.4, 0.5) is 5.82 Å². The summed E-state index contributed by atoms with van der Waals surface area (Å²) < 4.78 is 1.81. The molecule has 0 saturated carbocycles. The Morgan fingerprint density at radius 2 is 1.95 bits per heavy atom. The van der Waals surface area contributed by atoms with Crippen molar-refractivity contribution in [2.24, 2.45) is 0 Å². The molecule has 0 saturated heterocycles. The zero-order chi connectivity index (χ0) is 13.6. The topological polar surface area (TPSA) is 89.1 Å². The first-order chi connectivity index (χ1) is 9.08. The summed E-state index contributed by atoms with van der Waals surface area (Å²) in [4.78, 5) is 14.1. The van der Waals surface area contributed by atoms with E-state index >= 15 is 0 Å². The molecule has 6 nitrogen and oxygen atoms in total. The van der Waals surface area contributed by atoms with E-state index in [0.29, 0.717) is 10.8 Å². The first-order valence-electron chi connectivity index (χ1n) is 5.26. The number of nitrogens with two attached hydrogens (primary N) is 1. The number of anilines is 1. The molecule has 1 aromatic carbocycles. The van der Waals surface area contributed by atoms with Crippen molar-refractivity contribution in [1.82, 2.24) is 19.6 Å². The van der Waals surface area contributed by atoms with Gasteiger partial charge in [-0.05, 0) is 40.2 Å². The van der Waals surface area contributed by atoms with Gasteiger partial charge in [0, 0.05) is 10.6 Å². The molecule has 0 atom stereocenters. The fourth-order valence-electron chi connectivity index (χ4n) is 1.75. The minimum Gasteiger partial charge on any atom is -0.384 e. The monoisotopic (exact) mass is 339 g/mol. The molecule has 3 rings (SSSR count). The Kier molecular flexibility index (Phi) is 2.79. The molecular formula is C11H7BrClN5O. The molecule has 0 amide bonds. The number of rotatable bonds is 1. The van der Waals surface area contributed by atoms with E-state index in [9.17, 15) is 4.79 Å². The maximum absolute atomic E-state index is 11.6. The molecule has 0 unspecified atom stereocenters. The van der Waals surface area contributed by atoms with Gasteiger partial charge < -0.3 is 5.73 Å². The van der Waals surface area contributed by atoms with Crippen molar-refractivity contribution in [1.29, 1.82) is 0 Å². The number of fused-ring (bicyclic) bond motifs is 1. The molecule has 0 bridgehead atoms. The van der Waals surface area contributed by atoms with Gasteiger partial charge in [0.25, 0.3) is 5.56 Å². The number of hydrogen-bond acceptors (Lipinski definition) is 4. The summed E-state index contributed by atoms with van der Waals surface area (Å²) in [6.45, 7) is 0. The van der Waals surface area contributed by atoms with Crippen LogP contribution in [-0.2, 0) is 0 Å². The van der Waals surface area contributed by atoms with Crippen LogP contribution < -0.4 is 11.3 Å². The molecule has 0 spiro atoms. The van der Waals surface area contributed by atoms with Crippen molar-refractivity contribution >= 4 is 39.1 Å². The zero-order valence-corrected chi connectivity index (χ0v) is 11.7. The summed E-state index contributed by atoms with van der Waals surface area (Å²) in [5.41, 5.74) is 6.37. The van der Waals surface area contributed by atoms with Gasteiger partial charge in [0.05, 0.1) is 0 Å². The standard InChI is InChI=1S/C11H7BrClN5O/c12-7-8(14)18-9(5-1-3-6(13)4-2-5)16-17-11(18)15-10(7)19/h1-4H,14H2,(H,15,17,19). The average Bonchev–Trinajstić information content (AvgIpc) is 2.81. The third-order valence-corrected chi connectivity index (χ3v) is 3.67. The molecule has 3 N–H and O–H groups in total. The van der Waals surface area contributed by atoms with Crippen LogP contribution in [0.2, 0.25) is 5.02 Å². The van der Waals surface area contributed by atoms with Crippen molar-refractivity contribution in [3.8, 4) is 11.4 Å². The van der Waals surface area contributed by atoms with Crippen LogP contribution in [0.1, 0.15) is 0 Å². The summed E-state index contributed by atoms with van der Waals surface area (Å²) >= 11 is 8.98. The number of nitrogen functional groups attached to an aromatic ring is 1. The SMILES string of the molecule is Nc1c(Br)c(=O)[nH]c2nnc(-c3ccc(Cl)cc3)n12. The lowest BCUT2D eigenvalue weighted by Gasteiger charge is -2.04. The second-order valence-electron chi connectivity index (χ2n) is 3.84. The molecule has 2 aromatic heterocycles. The fraction of sp³-hybridized carbons (Fsp3) is 0. The maximum atomic E-state index is 11.6. The Balaban J connectivity index is 2.34. The molecule has 0 radical (unpaired) electrons. The van der Waals surface area contributed by atoms with Gasteiger partial charge in [-0.1, -0.05) is 11.6 Å². The van der Waals surface area contributed by atoms with E-state index in [2.05, 4.69) is 31.1 Å². The quantitative estimate of drug-likeness (QED) is 0.710. The Bertz CT molecular complexity index is 823. The Morgan fingerprint density at radius 1 is 1.26 bits per heavy atom. The molecule has 96 valence electrons. The summed E-state index contributed by atoms with van der Waals surface area (Å²) in [5.74, 6) is 1.06. The number of aromatic amines is 1. The number of benzene rings is 1. The first-order valence-corrected chi connectivity index (χ1v) is 6.43. The Morgan fingerprint density at radius 3 is 2.63 bits per heavy atom. The summed E-state index contributed by atoms with van der Waals surface area (Å²) in [6, 6.07) is 7.10. The van der Waals surface area contributed by atoms with Crippen LogP contribution in [0.5, 0.6) is 0 Å². The van der Waals surface area contributed by atoms with Crippen LogP contribution >= 0.6 is 27.5 Å². The molecule has 0 aliphatic carbocycles. The highest BCUT2D eigenvalue weighted by molar-refractivity contribution is 9.10.